The van der Waals surface area contributed by atoms with Crippen molar-refractivity contribution in [3.63, 3.8) is 0 Å². The van der Waals surface area contributed by atoms with Crippen LogP contribution in [0.2, 0.25) is 0 Å². The molecule has 0 unspecified atom stereocenters. The van der Waals surface area contributed by atoms with E-state index < -0.39 is 11.6 Å². The van der Waals surface area contributed by atoms with Gasteiger partial charge in [-0.3, -0.25) is 4.79 Å². The molecule has 0 aliphatic rings. The van der Waals surface area contributed by atoms with Gasteiger partial charge in [-0.1, -0.05) is 18.2 Å². The zero-order valence-electron chi connectivity index (χ0n) is 13.7. The van der Waals surface area contributed by atoms with Crippen molar-refractivity contribution in [2.24, 2.45) is 0 Å². The van der Waals surface area contributed by atoms with Crippen molar-refractivity contribution < 1.29 is 23.6 Å². The van der Waals surface area contributed by atoms with Crippen molar-refractivity contribution in [3.8, 4) is 5.75 Å². The second kappa shape index (κ2) is 8.40. The lowest BCUT2D eigenvalue weighted by atomic mass is 10.1. The predicted octanol–water partition coefficient (Wildman–Crippen LogP) is 1.91. The Morgan fingerprint density at radius 2 is 2.00 bits per heavy atom. The zero-order chi connectivity index (χ0) is 17.5. The van der Waals surface area contributed by atoms with Crippen molar-refractivity contribution in [1.82, 2.24) is 5.32 Å². The molecule has 0 heterocycles. The first-order valence-corrected chi connectivity index (χ1v) is 7.68. The number of nitrogens with one attached hydrogen (secondary N) is 1. The van der Waals surface area contributed by atoms with Crippen LogP contribution in [0, 0.1) is 11.6 Å². The number of quaternary nitrogens is 1. The number of nitrogens with two attached hydrogens (primary N) is 1. The van der Waals surface area contributed by atoms with Crippen LogP contribution in [0.3, 0.4) is 0 Å². The third-order valence-electron chi connectivity index (χ3n) is 3.78. The number of carbonyl (C=O) groups is 1. The molecule has 0 fully saturated rings. The van der Waals surface area contributed by atoms with E-state index in [1.807, 2.05) is 24.3 Å². The van der Waals surface area contributed by atoms with Gasteiger partial charge in [-0.05, 0) is 25.1 Å². The predicted molar refractivity (Wildman–Crippen MR) is 86.4 cm³/mol. The molecule has 24 heavy (non-hydrogen) atoms. The van der Waals surface area contributed by atoms with E-state index in [9.17, 15) is 13.6 Å². The van der Waals surface area contributed by atoms with E-state index in [2.05, 4.69) is 5.32 Å². The number of para-hydroxylation sites is 1. The molecule has 0 aliphatic heterocycles. The van der Waals surface area contributed by atoms with Gasteiger partial charge in [-0.2, -0.15) is 0 Å². The Hall–Kier alpha value is -2.47. The highest BCUT2D eigenvalue weighted by molar-refractivity contribution is 5.76. The Kier molecular flexibility index (Phi) is 6.26. The molecular formula is C18H21F2N2O2+. The molecule has 0 spiro atoms. The summed E-state index contributed by atoms with van der Waals surface area (Å²) in [5.41, 5.74) is 1.25. The van der Waals surface area contributed by atoms with Crippen LogP contribution in [0.5, 0.6) is 5.75 Å². The van der Waals surface area contributed by atoms with Gasteiger partial charge in [0.1, 0.15) is 23.4 Å². The molecule has 0 saturated carbocycles. The second-order valence-corrected chi connectivity index (χ2v) is 5.48. The van der Waals surface area contributed by atoms with Gasteiger partial charge in [-0.15, -0.1) is 0 Å². The minimum atomic E-state index is -0.613. The summed E-state index contributed by atoms with van der Waals surface area (Å²) in [5.74, 6) is -0.676. The molecule has 3 N–H and O–H groups in total. The zero-order valence-corrected chi connectivity index (χ0v) is 13.7. The Balaban J connectivity index is 1.84. The fourth-order valence-corrected chi connectivity index (χ4v) is 2.40. The summed E-state index contributed by atoms with van der Waals surface area (Å²) in [6.45, 7) is 2.27. The normalized spacial score (nSPS) is 11.8. The maximum Gasteiger partial charge on any atom is 0.275 e. The number of methoxy groups -OCH3 is 1. The summed E-state index contributed by atoms with van der Waals surface area (Å²) >= 11 is 0. The lowest BCUT2D eigenvalue weighted by Crippen LogP contribution is -2.87. The van der Waals surface area contributed by atoms with Crippen LogP contribution in [-0.4, -0.2) is 19.6 Å². The van der Waals surface area contributed by atoms with E-state index in [1.165, 1.54) is 12.1 Å². The van der Waals surface area contributed by atoms with Crippen LogP contribution in [-0.2, 0) is 11.3 Å². The van der Waals surface area contributed by atoms with Gasteiger partial charge in [0.25, 0.3) is 5.91 Å². The number of halogens is 2. The third kappa shape index (κ3) is 4.76. The van der Waals surface area contributed by atoms with E-state index in [-0.39, 0.29) is 18.5 Å². The second-order valence-electron chi connectivity index (χ2n) is 5.48. The summed E-state index contributed by atoms with van der Waals surface area (Å²) in [4.78, 5) is 12.0. The Morgan fingerprint density at radius 1 is 1.25 bits per heavy atom. The molecule has 2 aromatic carbocycles. The smallest absolute Gasteiger partial charge is 0.275 e. The minimum Gasteiger partial charge on any atom is -0.496 e. The third-order valence-corrected chi connectivity index (χ3v) is 3.78. The largest absolute Gasteiger partial charge is 0.496 e. The number of hydrogen-bond acceptors (Lipinski definition) is 2. The van der Waals surface area contributed by atoms with E-state index >= 15 is 0 Å². The van der Waals surface area contributed by atoms with Gasteiger partial charge < -0.3 is 15.4 Å². The molecule has 128 valence electrons. The maximum atomic E-state index is 13.7. The van der Waals surface area contributed by atoms with Gasteiger partial charge in [0.2, 0.25) is 0 Å². The number of hydrogen-bond donors (Lipinski definition) is 2. The minimum absolute atomic E-state index is 0.146. The molecule has 1 amide bonds. The molecule has 2 aromatic rings. The fourth-order valence-electron chi connectivity index (χ4n) is 2.40. The first-order valence-electron chi connectivity index (χ1n) is 7.68. The molecule has 0 radical (unpaired) electrons. The van der Waals surface area contributed by atoms with E-state index in [0.29, 0.717) is 17.9 Å². The van der Waals surface area contributed by atoms with Gasteiger partial charge in [0, 0.05) is 23.7 Å². The Bertz CT molecular complexity index is 707. The van der Waals surface area contributed by atoms with Crippen molar-refractivity contribution in [3.05, 3.63) is 65.2 Å². The molecule has 0 aliphatic carbocycles. The van der Waals surface area contributed by atoms with Crippen LogP contribution < -0.4 is 15.4 Å². The van der Waals surface area contributed by atoms with Crippen LogP contribution >= 0.6 is 0 Å². The van der Waals surface area contributed by atoms with Crippen molar-refractivity contribution in [2.75, 3.05) is 13.7 Å². The summed E-state index contributed by atoms with van der Waals surface area (Å²) in [6, 6.07) is 10.6. The molecule has 0 saturated heterocycles. The quantitative estimate of drug-likeness (QED) is 0.812. The summed E-state index contributed by atoms with van der Waals surface area (Å²) in [5, 5.41) is 4.50. The molecule has 4 nitrogen and oxygen atoms in total. The van der Waals surface area contributed by atoms with Gasteiger partial charge >= 0.3 is 0 Å². The van der Waals surface area contributed by atoms with Crippen LogP contribution in [0.1, 0.15) is 24.1 Å². The van der Waals surface area contributed by atoms with Crippen molar-refractivity contribution in [2.45, 2.75) is 19.5 Å². The molecular weight excluding hydrogens is 314 g/mol. The highest BCUT2D eigenvalue weighted by Gasteiger charge is 2.16. The molecule has 0 bridgehead atoms. The number of rotatable bonds is 7. The lowest BCUT2D eigenvalue weighted by molar-refractivity contribution is -0.682. The SMILES string of the molecule is COc1ccccc1CNC(=O)C[NH2+][C@H](C)c1ccc(F)cc1F. The Labute approximate surface area is 139 Å². The number of benzene rings is 2. The fraction of sp³-hybridized carbons (Fsp3) is 0.278. The van der Waals surface area contributed by atoms with Crippen LogP contribution in [0.15, 0.2) is 42.5 Å². The number of carbonyl (C=O) groups excluding carboxylic acids is 1. The number of ether oxygens (including phenoxy) is 1. The van der Waals surface area contributed by atoms with Crippen molar-refractivity contribution in [1.29, 1.82) is 0 Å². The summed E-state index contributed by atoms with van der Waals surface area (Å²) in [7, 11) is 1.58. The summed E-state index contributed by atoms with van der Waals surface area (Å²) < 4.78 is 31.9. The highest BCUT2D eigenvalue weighted by atomic mass is 19.1. The standard InChI is InChI=1S/C18H20F2N2O2/c1-12(15-8-7-14(19)9-16(15)20)21-11-18(23)22-10-13-5-3-4-6-17(13)24-2/h3-9,12,21H,10-11H2,1-2H3,(H,22,23)/p+1/t12-/m1/s1. The number of amides is 1. The van der Waals surface area contributed by atoms with Gasteiger partial charge in [0.05, 0.1) is 7.11 Å². The maximum absolute atomic E-state index is 13.7. The lowest BCUT2D eigenvalue weighted by Gasteiger charge is -2.13. The molecule has 1 atom stereocenters. The first kappa shape index (κ1) is 17.9. The van der Waals surface area contributed by atoms with Crippen LogP contribution in [0.4, 0.5) is 8.78 Å². The monoisotopic (exact) mass is 335 g/mol. The molecule has 6 heteroatoms. The van der Waals surface area contributed by atoms with E-state index in [4.69, 9.17) is 4.74 Å². The molecule has 2 rings (SSSR count). The van der Waals surface area contributed by atoms with Gasteiger partial charge in [0.15, 0.2) is 6.54 Å². The van der Waals surface area contributed by atoms with Crippen molar-refractivity contribution >= 4 is 5.91 Å². The van der Waals surface area contributed by atoms with Gasteiger partial charge in [-0.25, -0.2) is 8.78 Å². The van der Waals surface area contributed by atoms with Crippen LogP contribution in [0.25, 0.3) is 0 Å². The average Bonchev–Trinajstić information content (AvgIpc) is 2.58. The van der Waals surface area contributed by atoms with E-state index in [0.717, 1.165) is 11.6 Å². The molecule has 0 aromatic heterocycles. The highest BCUT2D eigenvalue weighted by Crippen LogP contribution is 2.16. The average molecular weight is 335 g/mol. The topological polar surface area (TPSA) is 54.9 Å². The van der Waals surface area contributed by atoms with E-state index in [1.54, 1.807) is 19.4 Å². The Morgan fingerprint density at radius 3 is 2.71 bits per heavy atom. The first-order chi connectivity index (χ1) is 11.5. The summed E-state index contributed by atoms with van der Waals surface area (Å²) in [6.07, 6.45) is 0.